The second-order valence-corrected chi connectivity index (χ2v) is 6.74. The number of furan rings is 1. The van der Waals surface area contributed by atoms with E-state index in [-0.39, 0.29) is 0 Å². The van der Waals surface area contributed by atoms with Crippen molar-refractivity contribution in [3.05, 3.63) is 23.7 Å². The van der Waals surface area contributed by atoms with Crippen molar-refractivity contribution >= 4 is 0 Å². The van der Waals surface area contributed by atoms with Crippen LogP contribution in [0.15, 0.2) is 16.5 Å². The van der Waals surface area contributed by atoms with Gasteiger partial charge in [-0.25, -0.2) is 0 Å². The Morgan fingerprint density at radius 1 is 1.24 bits per heavy atom. The van der Waals surface area contributed by atoms with Crippen molar-refractivity contribution in [3.63, 3.8) is 0 Å². The van der Waals surface area contributed by atoms with Gasteiger partial charge in [0.25, 0.3) is 0 Å². The molecule has 0 aromatic carbocycles. The monoisotopic (exact) mass is 292 g/mol. The lowest BCUT2D eigenvalue weighted by Crippen LogP contribution is -2.34. The van der Waals surface area contributed by atoms with Gasteiger partial charge in [0.2, 0.25) is 0 Å². The number of nitrogens with one attached hydrogen (secondary N) is 1. The molecule has 1 aromatic rings. The molecule has 1 heterocycles. The van der Waals surface area contributed by atoms with Crippen LogP contribution in [0.3, 0.4) is 0 Å². The Bertz CT molecular complexity index is 394. The summed E-state index contributed by atoms with van der Waals surface area (Å²) >= 11 is 0. The molecule has 0 aliphatic heterocycles. The van der Waals surface area contributed by atoms with Crippen LogP contribution < -0.4 is 5.32 Å². The fourth-order valence-corrected chi connectivity index (χ4v) is 3.13. The lowest BCUT2D eigenvalue weighted by molar-refractivity contribution is 0.165. The first-order chi connectivity index (χ1) is 10.2. The predicted molar refractivity (Wildman–Crippen MR) is 88.2 cm³/mol. The van der Waals surface area contributed by atoms with Crippen LogP contribution in [0.2, 0.25) is 0 Å². The Kier molecular flexibility index (Phi) is 6.78. The minimum absolute atomic E-state index is 0.770. The molecule has 0 amide bonds. The highest BCUT2D eigenvalue weighted by molar-refractivity contribution is 5.07. The smallest absolute Gasteiger partial charge is 0.118 e. The van der Waals surface area contributed by atoms with Gasteiger partial charge in [0.05, 0.1) is 13.1 Å². The summed E-state index contributed by atoms with van der Waals surface area (Å²) in [5.74, 6) is 2.95. The first kappa shape index (κ1) is 16.6. The molecule has 1 fully saturated rings. The Labute approximate surface area is 130 Å². The minimum Gasteiger partial charge on any atom is -0.463 e. The maximum atomic E-state index is 5.98. The van der Waals surface area contributed by atoms with Gasteiger partial charge in [0, 0.05) is 6.04 Å². The standard InChI is InChI=1S/C18H32N2O/c1-4-19-13-17-9-10-18(21-17)14-20(12-11-15(2)3)16-7-5-6-8-16/h9-10,15-16,19H,4-8,11-14H2,1-3H3. The van der Waals surface area contributed by atoms with E-state index in [0.717, 1.165) is 43.1 Å². The predicted octanol–water partition coefficient (Wildman–Crippen LogP) is 4.18. The van der Waals surface area contributed by atoms with Crippen molar-refractivity contribution in [2.75, 3.05) is 13.1 Å². The zero-order valence-electron chi connectivity index (χ0n) is 14.0. The molecule has 0 bridgehead atoms. The Hall–Kier alpha value is -0.800. The van der Waals surface area contributed by atoms with Crippen LogP contribution in [-0.4, -0.2) is 24.0 Å². The third-order valence-electron chi connectivity index (χ3n) is 4.46. The van der Waals surface area contributed by atoms with E-state index >= 15 is 0 Å². The maximum absolute atomic E-state index is 5.98. The van der Waals surface area contributed by atoms with Gasteiger partial charge in [0.1, 0.15) is 11.5 Å². The molecule has 0 radical (unpaired) electrons. The Morgan fingerprint density at radius 3 is 2.62 bits per heavy atom. The molecule has 21 heavy (non-hydrogen) atoms. The number of hydrogen-bond acceptors (Lipinski definition) is 3. The maximum Gasteiger partial charge on any atom is 0.118 e. The van der Waals surface area contributed by atoms with E-state index in [1.54, 1.807) is 0 Å². The van der Waals surface area contributed by atoms with Crippen molar-refractivity contribution in [3.8, 4) is 0 Å². The van der Waals surface area contributed by atoms with Crippen molar-refractivity contribution in [2.24, 2.45) is 5.92 Å². The van der Waals surface area contributed by atoms with Crippen LogP contribution in [0.5, 0.6) is 0 Å². The van der Waals surface area contributed by atoms with Crippen molar-refractivity contribution in [1.29, 1.82) is 0 Å². The van der Waals surface area contributed by atoms with E-state index in [9.17, 15) is 0 Å². The molecule has 1 aromatic heterocycles. The molecule has 0 saturated heterocycles. The van der Waals surface area contributed by atoms with Crippen LogP contribution in [0.25, 0.3) is 0 Å². The zero-order valence-corrected chi connectivity index (χ0v) is 14.0. The number of hydrogen-bond donors (Lipinski definition) is 1. The average molecular weight is 292 g/mol. The summed E-state index contributed by atoms with van der Waals surface area (Å²) in [6.07, 6.45) is 6.80. The molecule has 1 saturated carbocycles. The number of rotatable bonds is 9. The highest BCUT2D eigenvalue weighted by atomic mass is 16.3. The normalized spacial score (nSPS) is 16.4. The Balaban J connectivity index is 1.91. The summed E-state index contributed by atoms with van der Waals surface area (Å²) in [5, 5.41) is 3.32. The fraction of sp³-hybridized carbons (Fsp3) is 0.778. The molecule has 2 rings (SSSR count). The highest BCUT2D eigenvalue weighted by Crippen LogP contribution is 2.26. The van der Waals surface area contributed by atoms with E-state index in [2.05, 4.69) is 43.1 Å². The van der Waals surface area contributed by atoms with Gasteiger partial charge in [-0.1, -0.05) is 33.6 Å². The molecule has 0 unspecified atom stereocenters. The summed E-state index contributed by atoms with van der Waals surface area (Å²) < 4.78 is 5.98. The first-order valence-electron chi connectivity index (χ1n) is 8.71. The second kappa shape index (κ2) is 8.60. The van der Waals surface area contributed by atoms with Crippen LogP contribution in [0, 0.1) is 5.92 Å². The first-order valence-corrected chi connectivity index (χ1v) is 8.71. The summed E-state index contributed by atoms with van der Waals surface area (Å²) in [6, 6.07) is 5.04. The van der Waals surface area contributed by atoms with E-state index in [0.29, 0.717) is 0 Å². The van der Waals surface area contributed by atoms with E-state index < -0.39 is 0 Å². The quantitative estimate of drug-likeness (QED) is 0.740. The van der Waals surface area contributed by atoms with E-state index in [4.69, 9.17) is 4.42 Å². The fourth-order valence-electron chi connectivity index (χ4n) is 3.13. The highest BCUT2D eigenvalue weighted by Gasteiger charge is 2.23. The third-order valence-corrected chi connectivity index (χ3v) is 4.46. The Morgan fingerprint density at radius 2 is 1.95 bits per heavy atom. The molecule has 120 valence electrons. The third kappa shape index (κ3) is 5.48. The van der Waals surface area contributed by atoms with Gasteiger partial charge in [0.15, 0.2) is 0 Å². The van der Waals surface area contributed by atoms with Crippen LogP contribution in [-0.2, 0) is 13.1 Å². The molecule has 1 N–H and O–H groups in total. The van der Waals surface area contributed by atoms with Crippen molar-refractivity contribution in [1.82, 2.24) is 10.2 Å². The summed E-state index contributed by atoms with van der Waals surface area (Å²) in [6.45, 7) is 10.7. The summed E-state index contributed by atoms with van der Waals surface area (Å²) in [5.41, 5.74) is 0. The number of nitrogens with zero attached hydrogens (tertiary/aromatic N) is 1. The van der Waals surface area contributed by atoms with Crippen molar-refractivity contribution < 1.29 is 4.42 Å². The molecular weight excluding hydrogens is 260 g/mol. The molecule has 1 aliphatic rings. The van der Waals surface area contributed by atoms with Gasteiger partial charge in [-0.3, -0.25) is 4.90 Å². The van der Waals surface area contributed by atoms with Crippen LogP contribution in [0.1, 0.15) is 64.4 Å². The largest absolute Gasteiger partial charge is 0.463 e. The summed E-state index contributed by atoms with van der Waals surface area (Å²) in [7, 11) is 0. The van der Waals surface area contributed by atoms with Crippen molar-refractivity contribution in [2.45, 2.75) is 72.0 Å². The molecule has 0 atom stereocenters. The van der Waals surface area contributed by atoms with E-state index in [1.165, 1.54) is 38.6 Å². The minimum atomic E-state index is 0.770. The zero-order chi connectivity index (χ0) is 15.1. The van der Waals surface area contributed by atoms with E-state index in [1.807, 2.05) is 0 Å². The SMILES string of the molecule is CCNCc1ccc(CN(CCC(C)C)C2CCCC2)o1. The molecule has 3 heteroatoms. The van der Waals surface area contributed by atoms with Crippen LogP contribution in [0.4, 0.5) is 0 Å². The van der Waals surface area contributed by atoms with Gasteiger partial charge >= 0.3 is 0 Å². The summed E-state index contributed by atoms with van der Waals surface area (Å²) in [4.78, 5) is 2.66. The lowest BCUT2D eigenvalue weighted by Gasteiger charge is -2.28. The second-order valence-electron chi connectivity index (χ2n) is 6.74. The lowest BCUT2D eigenvalue weighted by atomic mass is 10.1. The van der Waals surface area contributed by atoms with Gasteiger partial charge in [-0.15, -0.1) is 0 Å². The van der Waals surface area contributed by atoms with Gasteiger partial charge < -0.3 is 9.73 Å². The van der Waals surface area contributed by atoms with Crippen LogP contribution >= 0.6 is 0 Å². The van der Waals surface area contributed by atoms with Gasteiger partial charge in [-0.2, -0.15) is 0 Å². The van der Waals surface area contributed by atoms with Gasteiger partial charge in [-0.05, 0) is 50.4 Å². The molecule has 3 nitrogen and oxygen atoms in total. The molecule has 1 aliphatic carbocycles. The molecule has 0 spiro atoms. The molecular formula is C18H32N2O. The topological polar surface area (TPSA) is 28.4 Å². The average Bonchev–Trinajstić information content (AvgIpc) is 3.12.